The highest BCUT2D eigenvalue weighted by molar-refractivity contribution is 5.87. The number of hydrogen-bond donors (Lipinski definition) is 1. The number of carbonyl (C=O) groups is 1. The SMILES string of the molecule is COc1cc(Nc2ccc(-c3ccccc3C=O)cn2)cc(OC)c1OC. The number of nitrogens with zero attached hydrogens (tertiary/aromatic N) is 1. The zero-order valence-corrected chi connectivity index (χ0v) is 15.4. The number of rotatable bonds is 7. The molecule has 0 unspecified atom stereocenters. The van der Waals surface area contributed by atoms with Gasteiger partial charge in [0, 0.05) is 35.1 Å². The van der Waals surface area contributed by atoms with Crippen molar-refractivity contribution in [1.29, 1.82) is 0 Å². The molecular formula is C21H20N2O4. The van der Waals surface area contributed by atoms with Crippen molar-refractivity contribution >= 4 is 17.8 Å². The van der Waals surface area contributed by atoms with Crippen LogP contribution < -0.4 is 19.5 Å². The van der Waals surface area contributed by atoms with Crippen LogP contribution in [0.3, 0.4) is 0 Å². The number of carbonyl (C=O) groups excluding carboxylic acids is 1. The molecule has 0 spiro atoms. The number of methoxy groups -OCH3 is 3. The van der Waals surface area contributed by atoms with Crippen LogP contribution in [0.1, 0.15) is 10.4 Å². The van der Waals surface area contributed by atoms with E-state index in [4.69, 9.17) is 14.2 Å². The van der Waals surface area contributed by atoms with Gasteiger partial charge in [-0.25, -0.2) is 4.98 Å². The minimum Gasteiger partial charge on any atom is -0.493 e. The fourth-order valence-corrected chi connectivity index (χ4v) is 2.79. The van der Waals surface area contributed by atoms with E-state index in [1.165, 1.54) is 0 Å². The summed E-state index contributed by atoms with van der Waals surface area (Å²) in [6, 6.07) is 14.8. The van der Waals surface area contributed by atoms with Gasteiger partial charge < -0.3 is 19.5 Å². The maximum absolute atomic E-state index is 11.2. The number of aldehydes is 1. The summed E-state index contributed by atoms with van der Waals surface area (Å²) < 4.78 is 16.1. The Labute approximate surface area is 157 Å². The lowest BCUT2D eigenvalue weighted by Crippen LogP contribution is -1.99. The van der Waals surface area contributed by atoms with Crippen molar-refractivity contribution in [3.05, 3.63) is 60.3 Å². The normalized spacial score (nSPS) is 10.2. The molecule has 0 bridgehead atoms. The van der Waals surface area contributed by atoms with E-state index in [0.29, 0.717) is 28.6 Å². The third kappa shape index (κ3) is 3.84. The molecule has 3 rings (SSSR count). The summed E-state index contributed by atoms with van der Waals surface area (Å²) in [6.45, 7) is 0. The van der Waals surface area contributed by atoms with Crippen LogP contribution in [0.5, 0.6) is 17.2 Å². The first kappa shape index (κ1) is 18.3. The summed E-state index contributed by atoms with van der Waals surface area (Å²) in [5.41, 5.74) is 3.09. The Kier molecular flexibility index (Phi) is 5.56. The van der Waals surface area contributed by atoms with Gasteiger partial charge in [0.25, 0.3) is 0 Å². The van der Waals surface area contributed by atoms with Gasteiger partial charge in [-0.15, -0.1) is 0 Å². The Hall–Kier alpha value is -3.54. The first-order chi connectivity index (χ1) is 13.2. The topological polar surface area (TPSA) is 69.7 Å². The Balaban J connectivity index is 1.88. The predicted octanol–water partition coefficient (Wildman–Crippen LogP) is 4.33. The summed E-state index contributed by atoms with van der Waals surface area (Å²) in [5, 5.41) is 3.22. The highest BCUT2D eigenvalue weighted by atomic mass is 16.5. The van der Waals surface area contributed by atoms with Gasteiger partial charge in [-0.3, -0.25) is 4.79 Å². The number of anilines is 2. The molecule has 2 aromatic carbocycles. The van der Waals surface area contributed by atoms with E-state index < -0.39 is 0 Å². The second-order valence-electron chi connectivity index (χ2n) is 5.68. The zero-order valence-electron chi connectivity index (χ0n) is 15.4. The summed E-state index contributed by atoms with van der Waals surface area (Å²) in [6.07, 6.45) is 2.57. The molecule has 0 aliphatic carbocycles. The van der Waals surface area contributed by atoms with Crippen molar-refractivity contribution in [2.75, 3.05) is 26.6 Å². The van der Waals surface area contributed by atoms with E-state index in [-0.39, 0.29) is 0 Å². The number of hydrogen-bond acceptors (Lipinski definition) is 6. The standard InChI is InChI=1S/C21H20N2O4/c1-25-18-10-16(11-19(26-2)21(18)27-3)23-20-9-8-14(12-22-20)17-7-5-4-6-15(17)13-24/h4-13H,1-3H3,(H,22,23). The third-order valence-electron chi connectivity index (χ3n) is 4.10. The number of pyridine rings is 1. The van der Waals surface area contributed by atoms with Crippen molar-refractivity contribution in [3.63, 3.8) is 0 Å². The number of benzene rings is 2. The molecule has 0 saturated carbocycles. The highest BCUT2D eigenvalue weighted by Crippen LogP contribution is 2.40. The van der Waals surface area contributed by atoms with E-state index in [9.17, 15) is 4.79 Å². The molecule has 6 heteroatoms. The molecule has 0 aliphatic rings. The molecule has 1 heterocycles. The van der Waals surface area contributed by atoms with Crippen LogP contribution in [-0.4, -0.2) is 32.6 Å². The van der Waals surface area contributed by atoms with E-state index >= 15 is 0 Å². The van der Waals surface area contributed by atoms with Gasteiger partial charge in [0.1, 0.15) is 5.82 Å². The summed E-state index contributed by atoms with van der Waals surface area (Å²) in [7, 11) is 4.70. The Bertz CT molecular complexity index is 914. The third-order valence-corrected chi connectivity index (χ3v) is 4.10. The minimum atomic E-state index is 0.527. The molecule has 1 N–H and O–H groups in total. The van der Waals surface area contributed by atoms with Gasteiger partial charge in [-0.1, -0.05) is 24.3 Å². The van der Waals surface area contributed by atoms with Gasteiger partial charge in [0.05, 0.1) is 21.3 Å². The smallest absolute Gasteiger partial charge is 0.203 e. The van der Waals surface area contributed by atoms with Crippen LogP contribution in [0.2, 0.25) is 0 Å². The predicted molar refractivity (Wildman–Crippen MR) is 104 cm³/mol. The van der Waals surface area contributed by atoms with Crippen LogP contribution >= 0.6 is 0 Å². The Morgan fingerprint density at radius 3 is 2.19 bits per heavy atom. The van der Waals surface area contributed by atoms with Gasteiger partial charge in [0.2, 0.25) is 5.75 Å². The molecule has 0 radical (unpaired) electrons. The fourth-order valence-electron chi connectivity index (χ4n) is 2.79. The molecular weight excluding hydrogens is 344 g/mol. The molecule has 27 heavy (non-hydrogen) atoms. The first-order valence-electron chi connectivity index (χ1n) is 8.27. The summed E-state index contributed by atoms with van der Waals surface area (Å²) >= 11 is 0. The highest BCUT2D eigenvalue weighted by Gasteiger charge is 2.13. The monoisotopic (exact) mass is 364 g/mol. The summed E-state index contributed by atoms with van der Waals surface area (Å²) in [4.78, 5) is 15.7. The largest absolute Gasteiger partial charge is 0.493 e. The Morgan fingerprint density at radius 2 is 1.63 bits per heavy atom. The lowest BCUT2D eigenvalue weighted by atomic mass is 10.0. The summed E-state index contributed by atoms with van der Waals surface area (Å²) in [5.74, 6) is 2.28. The molecule has 0 amide bonds. The van der Waals surface area contributed by atoms with Crippen molar-refractivity contribution in [2.45, 2.75) is 0 Å². The van der Waals surface area contributed by atoms with E-state index in [1.54, 1.807) is 45.7 Å². The van der Waals surface area contributed by atoms with Crippen LogP contribution in [0.4, 0.5) is 11.5 Å². The molecule has 0 fully saturated rings. The molecule has 0 aliphatic heterocycles. The quantitative estimate of drug-likeness (QED) is 0.629. The number of ether oxygens (including phenoxy) is 3. The maximum atomic E-state index is 11.2. The molecule has 0 saturated heterocycles. The maximum Gasteiger partial charge on any atom is 0.203 e. The van der Waals surface area contributed by atoms with Crippen molar-refractivity contribution in [1.82, 2.24) is 4.98 Å². The van der Waals surface area contributed by atoms with Crippen LogP contribution in [-0.2, 0) is 0 Å². The average Bonchev–Trinajstić information content (AvgIpc) is 2.73. The van der Waals surface area contributed by atoms with E-state index in [0.717, 1.165) is 23.1 Å². The lowest BCUT2D eigenvalue weighted by Gasteiger charge is -2.15. The molecule has 3 aromatic rings. The fraction of sp³-hybridized carbons (Fsp3) is 0.143. The van der Waals surface area contributed by atoms with Crippen LogP contribution in [0.15, 0.2) is 54.7 Å². The minimum absolute atomic E-state index is 0.527. The first-order valence-corrected chi connectivity index (χ1v) is 8.27. The second-order valence-corrected chi connectivity index (χ2v) is 5.68. The van der Waals surface area contributed by atoms with Gasteiger partial charge in [0.15, 0.2) is 17.8 Å². The average molecular weight is 364 g/mol. The number of nitrogens with one attached hydrogen (secondary N) is 1. The zero-order chi connectivity index (χ0) is 19.2. The molecule has 6 nitrogen and oxygen atoms in total. The molecule has 0 atom stereocenters. The van der Waals surface area contributed by atoms with Crippen LogP contribution in [0.25, 0.3) is 11.1 Å². The van der Waals surface area contributed by atoms with E-state index in [1.807, 2.05) is 30.3 Å². The van der Waals surface area contributed by atoms with Gasteiger partial charge in [-0.2, -0.15) is 0 Å². The second kappa shape index (κ2) is 8.23. The van der Waals surface area contributed by atoms with Gasteiger partial charge in [-0.05, 0) is 17.7 Å². The lowest BCUT2D eigenvalue weighted by molar-refractivity contribution is 0.112. The van der Waals surface area contributed by atoms with Crippen molar-refractivity contribution in [2.24, 2.45) is 0 Å². The van der Waals surface area contributed by atoms with Crippen LogP contribution in [0, 0.1) is 0 Å². The number of aromatic nitrogens is 1. The molecule has 138 valence electrons. The van der Waals surface area contributed by atoms with Crippen molar-refractivity contribution < 1.29 is 19.0 Å². The molecule has 1 aromatic heterocycles. The Morgan fingerprint density at radius 1 is 0.926 bits per heavy atom. The van der Waals surface area contributed by atoms with Gasteiger partial charge >= 0.3 is 0 Å². The van der Waals surface area contributed by atoms with E-state index in [2.05, 4.69) is 10.3 Å². The van der Waals surface area contributed by atoms with Crippen molar-refractivity contribution in [3.8, 4) is 28.4 Å².